The summed E-state index contributed by atoms with van der Waals surface area (Å²) in [7, 11) is 0. The molecule has 3 N–H and O–H groups in total. The van der Waals surface area contributed by atoms with Gasteiger partial charge in [-0.05, 0) is 36.8 Å². The Bertz CT molecular complexity index is 402. The van der Waals surface area contributed by atoms with Gasteiger partial charge < -0.3 is 11.1 Å². The smallest absolute Gasteiger partial charge is 0.253 e. The molecule has 2 rings (SSSR count). The number of amides is 1. The fraction of sp³-hybridized carbons (Fsp3) is 0.538. The zero-order valence-corrected chi connectivity index (χ0v) is 10.3. The molecule has 1 amide bonds. The first kappa shape index (κ1) is 11.9. The molecule has 0 bridgehead atoms. The SMILES string of the molecule is CC1CCC(NC(=O)c2ccc(N)nc2)C1C. The molecule has 1 aromatic rings. The van der Waals surface area contributed by atoms with E-state index < -0.39 is 0 Å². The van der Waals surface area contributed by atoms with Gasteiger partial charge in [0.2, 0.25) is 0 Å². The number of hydrogen-bond donors (Lipinski definition) is 2. The van der Waals surface area contributed by atoms with E-state index in [2.05, 4.69) is 24.1 Å². The Hall–Kier alpha value is -1.58. The highest BCUT2D eigenvalue weighted by Crippen LogP contribution is 2.31. The van der Waals surface area contributed by atoms with Crippen molar-refractivity contribution in [1.82, 2.24) is 10.3 Å². The summed E-state index contributed by atoms with van der Waals surface area (Å²) in [5, 5.41) is 3.08. The Kier molecular flexibility index (Phi) is 3.31. The molecule has 0 radical (unpaired) electrons. The van der Waals surface area contributed by atoms with Crippen molar-refractivity contribution in [2.24, 2.45) is 11.8 Å². The molecule has 1 heterocycles. The van der Waals surface area contributed by atoms with Crippen LogP contribution in [-0.4, -0.2) is 16.9 Å². The molecule has 3 unspecified atom stereocenters. The van der Waals surface area contributed by atoms with Crippen LogP contribution in [0.25, 0.3) is 0 Å². The summed E-state index contributed by atoms with van der Waals surface area (Å²) < 4.78 is 0. The molecule has 3 atom stereocenters. The Balaban J connectivity index is 2.00. The predicted molar refractivity (Wildman–Crippen MR) is 67.5 cm³/mol. The van der Waals surface area contributed by atoms with E-state index in [1.807, 2.05) is 0 Å². The van der Waals surface area contributed by atoms with E-state index in [1.165, 1.54) is 12.6 Å². The molecule has 0 aromatic carbocycles. The Morgan fingerprint density at radius 2 is 2.18 bits per heavy atom. The van der Waals surface area contributed by atoms with Crippen LogP contribution in [0.3, 0.4) is 0 Å². The van der Waals surface area contributed by atoms with Crippen LogP contribution in [0.1, 0.15) is 37.0 Å². The number of anilines is 1. The van der Waals surface area contributed by atoms with E-state index in [4.69, 9.17) is 5.73 Å². The van der Waals surface area contributed by atoms with Gasteiger partial charge in [-0.1, -0.05) is 13.8 Å². The summed E-state index contributed by atoms with van der Waals surface area (Å²) in [6.07, 6.45) is 3.77. The highest BCUT2D eigenvalue weighted by molar-refractivity contribution is 5.94. The van der Waals surface area contributed by atoms with Gasteiger partial charge >= 0.3 is 0 Å². The van der Waals surface area contributed by atoms with Crippen LogP contribution in [0.4, 0.5) is 5.82 Å². The maximum atomic E-state index is 12.0. The summed E-state index contributed by atoms with van der Waals surface area (Å²) in [5.74, 6) is 1.61. The van der Waals surface area contributed by atoms with E-state index in [0.717, 1.165) is 6.42 Å². The Morgan fingerprint density at radius 3 is 2.71 bits per heavy atom. The zero-order chi connectivity index (χ0) is 12.4. The van der Waals surface area contributed by atoms with E-state index in [0.29, 0.717) is 23.2 Å². The third kappa shape index (κ3) is 2.57. The molecule has 0 saturated heterocycles. The van der Waals surface area contributed by atoms with Gasteiger partial charge in [-0.25, -0.2) is 4.98 Å². The van der Waals surface area contributed by atoms with E-state index in [9.17, 15) is 4.79 Å². The maximum Gasteiger partial charge on any atom is 0.253 e. The molecule has 1 saturated carbocycles. The van der Waals surface area contributed by atoms with Crippen molar-refractivity contribution >= 4 is 11.7 Å². The van der Waals surface area contributed by atoms with Crippen molar-refractivity contribution in [2.45, 2.75) is 32.7 Å². The molecule has 1 aromatic heterocycles. The molecule has 92 valence electrons. The van der Waals surface area contributed by atoms with Crippen molar-refractivity contribution < 1.29 is 4.79 Å². The van der Waals surface area contributed by atoms with E-state index >= 15 is 0 Å². The highest BCUT2D eigenvalue weighted by Gasteiger charge is 2.30. The number of rotatable bonds is 2. The monoisotopic (exact) mass is 233 g/mol. The first-order chi connectivity index (χ1) is 8.08. The fourth-order valence-electron chi connectivity index (χ4n) is 2.36. The third-order valence-electron chi connectivity index (χ3n) is 3.83. The molecule has 4 nitrogen and oxygen atoms in total. The summed E-state index contributed by atoms with van der Waals surface area (Å²) in [4.78, 5) is 15.9. The fourth-order valence-corrected chi connectivity index (χ4v) is 2.36. The molecule has 0 spiro atoms. The minimum Gasteiger partial charge on any atom is -0.384 e. The van der Waals surface area contributed by atoms with Crippen molar-refractivity contribution in [3.8, 4) is 0 Å². The second kappa shape index (κ2) is 4.73. The molecular formula is C13H19N3O. The van der Waals surface area contributed by atoms with Gasteiger partial charge in [0.1, 0.15) is 5.82 Å². The third-order valence-corrected chi connectivity index (χ3v) is 3.83. The van der Waals surface area contributed by atoms with Crippen LogP contribution in [0.15, 0.2) is 18.3 Å². The molecule has 1 aliphatic rings. The van der Waals surface area contributed by atoms with Crippen LogP contribution < -0.4 is 11.1 Å². The minimum atomic E-state index is -0.0524. The van der Waals surface area contributed by atoms with Crippen molar-refractivity contribution in [2.75, 3.05) is 5.73 Å². The molecule has 1 aliphatic carbocycles. The molecule has 0 aliphatic heterocycles. The summed E-state index contributed by atoms with van der Waals surface area (Å²) in [6.45, 7) is 4.44. The number of nitrogens with two attached hydrogens (primary N) is 1. The topological polar surface area (TPSA) is 68.0 Å². The first-order valence-corrected chi connectivity index (χ1v) is 6.10. The van der Waals surface area contributed by atoms with E-state index in [-0.39, 0.29) is 11.9 Å². The zero-order valence-electron chi connectivity index (χ0n) is 10.3. The first-order valence-electron chi connectivity index (χ1n) is 6.10. The average molecular weight is 233 g/mol. The van der Waals surface area contributed by atoms with Crippen LogP contribution >= 0.6 is 0 Å². The molecule has 17 heavy (non-hydrogen) atoms. The van der Waals surface area contributed by atoms with Gasteiger partial charge in [-0.2, -0.15) is 0 Å². The number of carbonyl (C=O) groups is 1. The standard InChI is InChI=1S/C13H19N3O/c1-8-3-5-11(9(8)2)16-13(17)10-4-6-12(14)15-7-10/h4,6-9,11H,3,5H2,1-2H3,(H2,14,15)(H,16,17). The van der Waals surface area contributed by atoms with Gasteiger partial charge in [0, 0.05) is 12.2 Å². The lowest BCUT2D eigenvalue weighted by Crippen LogP contribution is -2.37. The van der Waals surface area contributed by atoms with Gasteiger partial charge in [0.15, 0.2) is 0 Å². The lowest BCUT2D eigenvalue weighted by molar-refractivity contribution is 0.0927. The number of hydrogen-bond acceptors (Lipinski definition) is 3. The van der Waals surface area contributed by atoms with Crippen LogP contribution in [-0.2, 0) is 0 Å². The Labute approximate surface area is 102 Å². The van der Waals surface area contributed by atoms with Gasteiger partial charge in [0.25, 0.3) is 5.91 Å². The number of nitrogen functional groups attached to an aromatic ring is 1. The number of aromatic nitrogens is 1. The lowest BCUT2D eigenvalue weighted by Gasteiger charge is -2.19. The Morgan fingerprint density at radius 1 is 1.41 bits per heavy atom. The van der Waals surface area contributed by atoms with Gasteiger partial charge in [-0.3, -0.25) is 4.79 Å². The van der Waals surface area contributed by atoms with Crippen LogP contribution in [0.5, 0.6) is 0 Å². The van der Waals surface area contributed by atoms with Crippen molar-refractivity contribution in [3.63, 3.8) is 0 Å². The number of carbonyl (C=O) groups excluding carboxylic acids is 1. The van der Waals surface area contributed by atoms with Crippen LogP contribution in [0.2, 0.25) is 0 Å². The van der Waals surface area contributed by atoms with Crippen molar-refractivity contribution in [3.05, 3.63) is 23.9 Å². The molecule has 1 fully saturated rings. The quantitative estimate of drug-likeness (QED) is 0.818. The van der Waals surface area contributed by atoms with Gasteiger partial charge in [-0.15, -0.1) is 0 Å². The minimum absolute atomic E-state index is 0.0524. The predicted octanol–water partition coefficient (Wildman–Crippen LogP) is 1.83. The summed E-state index contributed by atoms with van der Waals surface area (Å²) in [6, 6.07) is 3.64. The van der Waals surface area contributed by atoms with Crippen molar-refractivity contribution in [1.29, 1.82) is 0 Å². The average Bonchev–Trinajstić information content (AvgIpc) is 2.62. The maximum absolute atomic E-state index is 12.0. The lowest BCUT2D eigenvalue weighted by atomic mass is 9.97. The largest absolute Gasteiger partial charge is 0.384 e. The normalized spacial score (nSPS) is 28.0. The molecular weight excluding hydrogens is 214 g/mol. The highest BCUT2D eigenvalue weighted by atomic mass is 16.1. The van der Waals surface area contributed by atoms with E-state index in [1.54, 1.807) is 12.1 Å². The summed E-state index contributed by atoms with van der Waals surface area (Å²) >= 11 is 0. The number of nitrogens with one attached hydrogen (secondary N) is 1. The van der Waals surface area contributed by atoms with Crippen LogP contribution in [0, 0.1) is 11.8 Å². The second-order valence-electron chi connectivity index (χ2n) is 4.97. The molecule has 4 heteroatoms. The summed E-state index contributed by atoms with van der Waals surface area (Å²) in [5.41, 5.74) is 6.06. The number of pyridine rings is 1. The van der Waals surface area contributed by atoms with Gasteiger partial charge in [0.05, 0.1) is 5.56 Å². The number of nitrogens with zero attached hydrogens (tertiary/aromatic N) is 1. The second-order valence-corrected chi connectivity index (χ2v) is 4.97.